The van der Waals surface area contributed by atoms with E-state index >= 15 is 0 Å². The lowest BCUT2D eigenvalue weighted by atomic mass is 9.51. The zero-order chi connectivity index (χ0) is 11.9. The molecular weight excluding hydrogens is 233 g/mol. The van der Waals surface area contributed by atoms with Crippen molar-refractivity contribution in [2.24, 2.45) is 11.1 Å². The molecule has 0 unspecified atom stereocenters. The fourth-order valence-electron chi connectivity index (χ4n) is 3.36. The summed E-state index contributed by atoms with van der Waals surface area (Å²) in [6.45, 7) is 0.733. The van der Waals surface area contributed by atoms with Crippen molar-refractivity contribution in [1.82, 2.24) is 0 Å². The van der Waals surface area contributed by atoms with Crippen LogP contribution < -0.4 is 5.73 Å². The van der Waals surface area contributed by atoms with E-state index in [4.69, 9.17) is 5.73 Å². The summed E-state index contributed by atoms with van der Waals surface area (Å²) in [7, 11) is 0. The van der Waals surface area contributed by atoms with E-state index in [1.54, 1.807) is 0 Å². The third-order valence-corrected chi connectivity index (χ3v) is 5.72. The molecule has 0 aromatic heterocycles. The Morgan fingerprint density at radius 1 is 1.18 bits per heavy atom. The van der Waals surface area contributed by atoms with Crippen LogP contribution >= 0.6 is 11.8 Å². The van der Waals surface area contributed by atoms with E-state index in [2.05, 4.69) is 0 Å². The number of thioether (sulfide) groups is 1. The van der Waals surface area contributed by atoms with Gasteiger partial charge in [-0.1, -0.05) is 6.42 Å². The van der Waals surface area contributed by atoms with Crippen LogP contribution in [0.2, 0.25) is 0 Å². The van der Waals surface area contributed by atoms with Crippen LogP contribution in [0.5, 0.6) is 0 Å². The summed E-state index contributed by atoms with van der Waals surface area (Å²) in [5, 5.41) is 0. The molecule has 0 radical (unpaired) electrons. The molecule has 0 atom stereocenters. The zero-order valence-corrected chi connectivity index (χ0v) is 10.7. The van der Waals surface area contributed by atoms with Crippen molar-refractivity contribution in [3.63, 3.8) is 0 Å². The zero-order valence-electron chi connectivity index (χ0n) is 9.92. The maximum Gasteiger partial charge on any atom is 0.123 e. The molecule has 2 aliphatic carbocycles. The predicted molar refractivity (Wildman–Crippen MR) is 69.6 cm³/mol. The van der Waals surface area contributed by atoms with Gasteiger partial charge in [0.2, 0.25) is 0 Å². The van der Waals surface area contributed by atoms with Crippen LogP contribution in [0.1, 0.15) is 32.1 Å². The first-order valence-corrected chi connectivity index (χ1v) is 7.12. The van der Waals surface area contributed by atoms with Gasteiger partial charge in [0.25, 0.3) is 0 Å². The molecule has 17 heavy (non-hydrogen) atoms. The minimum Gasteiger partial charge on any atom is -0.329 e. The first-order chi connectivity index (χ1) is 8.15. The quantitative estimate of drug-likeness (QED) is 0.888. The molecule has 2 aliphatic rings. The molecule has 0 aliphatic heterocycles. The van der Waals surface area contributed by atoms with Gasteiger partial charge in [0.05, 0.1) is 0 Å². The lowest BCUT2D eigenvalue weighted by Crippen LogP contribution is -2.56. The summed E-state index contributed by atoms with van der Waals surface area (Å²) < 4.78 is 13.1. The molecule has 1 aromatic rings. The van der Waals surface area contributed by atoms with Gasteiger partial charge in [-0.2, -0.15) is 0 Å². The Bertz CT molecular complexity index is 403. The highest BCUT2D eigenvalue weighted by atomic mass is 32.2. The average Bonchev–Trinajstić information content (AvgIpc) is 2.23. The van der Waals surface area contributed by atoms with E-state index < -0.39 is 0 Å². The molecule has 1 aromatic carbocycles. The van der Waals surface area contributed by atoms with Crippen molar-refractivity contribution in [2.75, 3.05) is 6.54 Å². The minimum atomic E-state index is -0.166. The highest BCUT2D eigenvalue weighted by molar-refractivity contribution is 8.00. The van der Waals surface area contributed by atoms with Crippen LogP contribution in [0.3, 0.4) is 0 Å². The van der Waals surface area contributed by atoms with Gasteiger partial charge in [0.1, 0.15) is 5.82 Å². The van der Waals surface area contributed by atoms with Crippen LogP contribution in [0.15, 0.2) is 29.2 Å². The number of rotatable bonds is 3. The average molecular weight is 251 g/mol. The van der Waals surface area contributed by atoms with E-state index in [9.17, 15) is 4.39 Å². The SMILES string of the molecule is NCC1(Sc2ccc(F)cc2)CC2(CCC2)C1. The first kappa shape index (κ1) is 11.5. The Kier molecular flexibility index (Phi) is 2.71. The van der Waals surface area contributed by atoms with Gasteiger partial charge in [0, 0.05) is 16.2 Å². The fraction of sp³-hybridized carbons (Fsp3) is 0.571. The number of nitrogens with two attached hydrogens (primary N) is 1. The normalized spacial score (nSPS) is 24.1. The van der Waals surface area contributed by atoms with Crippen LogP contribution in [0.4, 0.5) is 4.39 Å². The standard InChI is InChI=1S/C14H18FNS/c15-11-2-4-12(5-3-11)17-14(10-16)8-13(9-14)6-1-7-13/h2-5H,1,6-10,16H2. The summed E-state index contributed by atoms with van der Waals surface area (Å²) in [6.07, 6.45) is 6.66. The Morgan fingerprint density at radius 3 is 2.29 bits per heavy atom. The second-order valence-corrected chi connectivity index (χ2v) is 7.19. The highest BCUT2D eigenvalue weighted by Crippen LogP contribution is 2.65. The van der Waals surface area contributed by atoms with Gasteiger partial charge in [-0.05, 0) is 55.4 Å². The van der Waals surface area contributed by atoms with Gasteiger partial charge in [-0.25, -0.2) is 4.39 Å². The largest absolute Gasteiger partial charge is 0.329 e. The molecule has 1 nitrogen and oxygen atoms in total. The number of halogens is 1. The van der Waals surface area contributed by atoms with Crippen molar-refractivity contribution in [1.29, 1.82) is 0 Å². The van der Waals surface area contributed by atoms with Gasteiger partial charge in [-0.15, -0.1) is 11.8 Å². The monoisotopic (exact) mass is 251 g/mol. The molecule has 0 saturated heterocycles. The number of benzene rings is 1. The lowest BCUT2D eigenvalue weighted by molar-refractivity contribution is -0.00139. The highest BCUT2D eigenvalue weighted by Gasteiger charge is 2.56. The predicted octanol–water partition coefficient (Wildman–Crippen LogP) is 3.58. The van der Waals surface area contributed by atoms with Crippen molar-refractivity contribution in [3.05, 3.63) is 30.1 Å². The Hall–Kier alpha value is -0.540. The Morgan fingerprint density at radius 2 is 1.82 bits per heavy atom. The third kappa shape index (κ3) is 2.00. The maximum absolute atomic E-state index is 12.9. The molecule has 3 rings (SSSR count). The van der Waals surface area contributed by atoms with Crippen LogP contribution in [-0.2, 0) is 0 Å². The third-order valence-electron chi connectivity index (χ3n) is 4.33. The topological polar surface area (TPSA) is 26.0 Å². The lowest BCUT2D eigenvalue weighted by Gasteiger charge is -2.60. The minimum absolute atomic E-state index is 0.166. The van der Waals surface area contributed by atoms with Gasteiger partial charge in [0.15, 0.2) is 0 Å². The van der Waals surface area contributed by atoms with Crippen molar-refractivity contribution in [2.45, 2.75) is 41.7 Å². The molecule has 2 N–H and O–H groups in total. The number of hydrogen-bond donors (Lipinski definition) is 1. The van der Waals surface area contributed by atoms with Gasteiger partial charge >= 0.3 is 0 Å². The van der Waals surface area contributed by atoms with Gasteiger partial charge in [-0.3, -0.25) is 0 Å². The number of hydrogen-bond acceptors (Lipinski definition) is 2. The Balaban J connectivity index is 1.69. The molecule has 0 heterocycles. The molecule has 92 valence electrons. The summed E-state index contributed by atoms with van der Waals surface area (Å²) in [5.41, 5.74) is 6.58. The molecule has 0 amide bonds. The molecule has 2 fully saturated rings. The second-order valence-electron chi connectivity index (χ2n) is 5.65. The van der Waals surface area contributed by atoms with E-state index in [0.29, 0.717) is 5.41 Å². The molecule has 2 saturated carbocycles. The van der Waals surface area contributed by atoms with Gasteiger partial charge < -0.3 is 5.73 Å². The molecule has 0 bridgehead atoms. The molecular formula is C14H18FNS. The van der Waals surface area contributed by atoms with E-state index in [0.717, 1.165) is 11.4 Å². The van der Waals surface area contributed by atoms with Crippen LogP contribution in [-0.4, -0.2) is 11.3 Å². The van der Waals surface area contributed by atoms with Crippen molar-refractivity contribution < 1.29 is 4.39 Å². The summed E-state index contributed by atoms with van der Waals surface area (Å²) in [4.78, 5) is 1.14. The van der Waals surface area contributed by atoms with Crippen molar-refractivity contribution in [3.8, 4) is 0 Å². The summed E-state index contributed by atoms with van der Waals surface area (Å²) in [6, 6.07) is 6.79. The second kappa shape index (κ2) is 3.99. The summed E-state index contributed by atoms with van der Waals surface area (Å²) >= 11 is 1.85. The molecule has 3 heteroatoms. The van der Waals surface area contributed by atoms with E-state index in [1.807, 2.05) is 23.9 Å². The van der Waals surface area contributed by atoms with E-state index in [-0.39, 0.29) is 10.6 Å². The fourth-order valence-corrected chi connectivity index (χ4v) is 4.97. The van der Waals surface area contributed by atoms with Crippen molar-refractivity contribution >= 4 is 11.8 Å². The maximum atomic E-state index is 12.9. The molecule has 1 spiro atoms. The van der Waals surface area contributed by atoms with E-state index in [1.165, 1.54) is 44.2 Å². The first-order valence-electron chi connectivity index (χ1n) is 6.30. The summed E-state index contributed by atoms with van der Waals surface area (Å²) in [5.74, 6) is -0.166. The van der Waals surface area contributed by atoms with Crippen LogP contribution in [0.25, 0.3) is 0 Å². The smallest absolute Gasteiger partial charge is 0.123 e. The Labute approximate surface area is 106 Å². The van der Waals surface area contributed by atoms with Crippen LogP contribution in [0, 0.1) is 11.2 Å².